The first-order valence-corrected chi connectivity index (χ1v) is 8.30. The predicted molar refractivity (Wildman–Crippen MR) is 96.2 cm³/mol. The lowest BCUT2D eigenvalue weighted by molar-refractivity contribution is -0.123. The van der Waals surface area contributed by atoms with Crippen molar-refractivity contribution in [3.05, 3.63) is 59.7 Å². The number of Topliss-reactive ketones (excluding diaryl/α,β-unsaturated/α-hetero) is 1. The zero-order valence-corrected chi connectivity index (χ0v) is 14.6. The third kappa shape index (κ3) is 6.30. The van der Waals surface area contributed by atoms with Crippen LogP contribution in [0.25, 0.3) is 0 Å². The summed E-state index contributed by atoms with van der Waals surface area (Å²) in [6.45, 7) is 4.53. The van der Waals surface area contributed by atoms with Gasteiger partial charge in [-0.3, -0.25) is 9.59 Å². The summed E-state index contributed by atoms with van der Waals surface area (Å²) in [5.41, 5.74) is 1.77. The molecular weight excluding hydrogens is 318 g/mol. The SMILES string of the molecule is CCC(=O)c1ccc(OCC(=O)NCCOc2cccc(C)c2)cc1. The Labute approximate surface area is 148 Å². The van der Waals surface area contributed by atoms with E-state index in [1.807, 2.05) is 38.1 Å². The maximum atomic E-state index is 11.8. The molecule has 0 saturated heterocycles. The van der Waals surface area contributed by atoms with E-state index < -0.39 is 0 Å². The van der Waals surface area contributed by atoms with Crippen LogP contribution in [-0.2, 0) is 4.79 Å². The summed E-state index contributed by atoms with van der Waals surface area (Å²) in [5.74, 6) is 1.20. The maximum absolute atomic E-state index is 11.8. The van der Waals surface area contributed by atoms with Gasteiger partial charge in [0.15, 0.2) is 12.4 Å². The quantitative estimate of drug-likeness (QED) is 0.562. The fourth-order valence-corrected chi connectivity index (χ4v) is 2.21. The molecule has 0 radical (unpaired) electrons. The van der Waals surface area contributed by atoms with Crippen molar-refractivity contribution in [1.82, 2.24) is 5.32 Å². The highest BCUT2D eigenvalue weighted by Crippen LogP contribution is 2.13. The number of nitrogens with one attached hydrogen (secondary N) is 1. The van der Waals surface area contributed by atoms with E-state index in [1.54, 1.807) is 24.3 Å². The van der Waals surface area contributed by atoms with Crippen molar-refractivity contribution in [3.63, 3.8) is 0 Å². The van der Waals surface area contributed by atoms with Crippen molar-refractivity contribution >= 4 is 11.7 Å². The van der Waals surface area contributed by atoms with Gasteiger partial charge < -0.3 is 14.8 Å². The van der Waals surface area contributed by atoms with Crippen LogP contribution in [0.15, 0.2) is 48.5 Å². The van der Waals surface area contributed by atoms with Crippen molar-refractivity contribution in [1.29, 1.82) is 0 Å². The Morgan fingerprint density at radius 1 is 1.00 bits per heavy atom. The molecule has 2 rings (SSSR count). The van der Waals surface area contributed by atoms with E-state index in [0.717, 1.165) is 11.3 Å². The Morgan fingerprint density at radius 2 is 1.76 bits per heavy atom. The molecule has 132 valence electrons. The summed E-state index contributed by atoms with van der Waals surface area (Å²) in [6, 6.07) is 14.5. The Bertz CT molecular complexity index is 710. The zero-order valence-electron chi connectivity index (χ0n) is 14.6. The van der Waals surface area contributed by atoms with Gasteiger partial charge in [-0.1, -0.05) is 19.1 Å². The predicted octanol–water partition coefficient (Wildman–Crippen LogP) is 3.16. The molecule has 0 atom stereocenters. The first-order chi connectivity index (χ1) is 12.1. The summed E-state index contributed by atoms with van der Waals surface area (Å²) in [5, 5.41) is 2.73. The standard InChI is InChI=1S/C20H23NO4/c1-3-19(22)16-7-9-17(10-8-16)25-14-20(23)21-11-12-24-18-6-4-5-15(2)13-18/h4-10,13H,3,11-12,14H2,1-2H3,(H,21,23). The number of benzene rings is 2. The number of rotatable bonds is 9. The van der Waals surface area contributed by atoms with Gasteiger partial charge in [-0.25, -0.2) is 0 Å². The van der Waals surface area contributed by atoms with Crippen LogP contribution in [0.5, 0.6) is 11.5 Å². The van der Waals surface area contributed by atoms with E-state index in [1.165, 1.54) is 0 Å². The van der Waals surface area contributed by atoms with Gasteiger partial charge in [0, 0.05) is 12.0 Å². The Balaban J connectivity index is 1.66. The van der Waals surface area contributed by atoms with Gasteiger partial charge in [-0.05, 0) is 48.9 Å². The van der Waals surface area contributed by atoms with E-state index in [9.17, 15) is 9.59 Å². The summed E-state index contributed by atoms with van der Waals surface area (Å²) in [7, 11) is 0. The van der Waals surface area contributed by atoms with Gasteiger partial charge in [0.05, 0.1) is 6.54 Å². The second kappa shape index (κ2) is 9.47. The lowest BCUT2D eigenvalue weighted by Crippen LogP contribution is -2.32. The Kier molecular flexibility index (Phi) is 7.01. The number of aryl methyl sites for hydroxylation is 1. The molecule has 0 heterocycles. The van der Waals surface area contributed by atoms with Gasteiger partial charge in [0.1, 0.15) is 18.1 Å². The lowest BCUT2D eigenvalue weighted by atomic mass is 10.1. The summed E-state index contributed by atoms with van der Waals surface area (Å²) < 4.78 is 11.0. The topological polar surface area (TPSA) is 64.6 Å². The van der Waals surface area contributed by atoms with E-state index in [4.69, 9.17) is 9.47 Å². The first-order valence-electron chi connectivity index (χ1n) is 8.30. The minimum Gasteiger partial charge on any atom is -0.492 e. The number of hydrogen-bond donors (Lipinski definition) is 1. The van der Waals surface area contributed by atoms with Crippen molar-refractivity contribution in [2.75, 3.05) is 19.8 Å². The third-order valence-electron chi connectivity index (χ3n) is 3.55. The largest absolute Gasteiger partial charge is 0.492 e. The molecule has 5 heteroatoms. The van der Waals surface area contributed by atoms with Crippen molar-refractivity contribution < 1.29 is 19.1 Å². The van der Waals surface area contributed by atoms with Crippen molar-refractivity contribution in [2.24, 2.45) is 0 Å². The molecule has 25 heavy (non-hydrogen) atoms. The molecule has 0 bridgehead atoms. The molecule has 1 N–H and O–H groups in total. The fraction of sp³-hybridized carbons (Fsp3) is 0.300. The Hall–Kier alpha value is -2.82. The molecular formula is C20H23NO4. The lowest BCUT2D eigenvalue weighted by Gasteiger charge is -2.09. The van der Waals surface area contributed by atoms with Crippen LogP contribution in [0.2, 0.25) is 0 Å². The van der Waals surface area contributed by atoms with Gasteiger partial charge in [0.2, 0.25) is 0 Å². The molecule has 0 saturated carbocycles. The van der Waals surface area contributed by atoms with Crippen molar-refractivity contribution in [3.8, 4) is 11.5 Å². The minimum atomic E-state index is -0.221. The minimum absolute atomic E-state index is 0.0779. The average Bonchev–Trinajstić information content (AvgIpc) is 2.63. The van der Waals surface area contributed by atoms with Crippen LogP contribution >= 0.6 is 0 Å². The maximum Gasteiger partial charge on any atom is 0.258 e. The Morgan fingerprint density at radius 3 is 2.44 bits per heavy atom. The second-order valence-corrected chi connectivity index (χ2v) is 5.60. The smallest absolute Gasteiger partial charge is 0.258 e. The highest BCUT2D eigenvalue weighted by atomic mass is 16.5. The number of carbonyl (C=O) groups excluding carboxylic acids is 2. The monoisotopic (exact) mass is 341 g/mol. The van der Waals surface area contributed by atoms with E-state index in [-0.39, 0.29) is 18.3 Å². The molecule has 0 aliphatic carbocycles. The molecule has 2 aromatic rings. The summed E-state index contributed by atoms with van der Waals surface area (Å²) >= 11 is 0. The molecule has 5 nitrogen and oxygen atoms in total. The fourth-order valence-electron chi connectivity index (χ4n) is 2.21. The molecule has 0 unspecified atom stereocenters. The zero-order chi connectivity index (χ0) is 18.1. The van der Waals surface area contributed by atoms with Gasteiger partial charge in [-0.2, -0.15) is 0 Å². The normalized spacial score (nSPS) is 10.2. The average molecular weight is 341 g/mol. The molecule has 0 aromatic heterocycles. The molecule has 0 aliphatic rings. The summed E-state index contributed by atoms with van der Waals surface area (Å²) in [4.78, 5) is 23.3. The van der Waals surface area contributed by atoms with Crippen molar-refractivity contribution in [2.45, 2.75) is 20.3 Å². The number of hydrogen-bond acceptors (Lipinski definition) is 4. The van der Waals surface area contributed by atoms with E-state index in [2.05, 4.69) is 5.32 Å². The van der Waals surface area contributed by atoms with Crippen LogP contribution in [0, 0.1) is 6.92 Å². The molecule has 1 amide bonds. The van der Waals surface area contributed by atoms with Crippen LogP contribution in [-0.4, -0.2) is 31.4 Å². The highest BCUT2D eigenvalue weighted by molar-refractivity contribution is 5.95. The third-order valence-corrected chi connectivity index (χ3v) is 3.55. The highest BCUT2D eigenvalue weighted by Gasteiger charge is 2.05. The number of ketones is 1. The molecule has 0 spiro atoms. The summed E-state index contributed by atoms with van der Waals surface area (Å²) in [6.07, 6.45) is 0.466. The van der Waals surface area contributed by atoms with E-state index in [0.29, 0.717) is 30.9 Å². The molecule has 2 aromatic carbocycles. The number of amides is 1. The first kappa shape index (κ1) is 18.5. The number of ether oxygens (including phenoxy) is 2. The van der Waals surface area contributed by atoms with Gasteiger partial charge >= 0.3 is 0 Å². The van der Waals surface area contributed by atoms with Crippen LogP contribution in [0.1, 0.15) is 29.3 Å². The number of carbonyl (C=O) groups is 2. The molecule has 0 aliphatic heterocycles. The van der Waals surface area contributed by atoms with Gasteiger partial charge in [-0.15, -0.1) is 0 Å². The van der Waals surface area contributed by atoms with E-state index >= 15 is 0 Å². The second-order valence-electron chi connectivity index (χ2n) is 5.60. The van der Waals surface area contributed by atoms with Crippen LogP contribution in [0.3, 0.4) is 0 Å². The van der Waals surface area contributed by atoms with Gasteiger partial charge in [0.25, 0.3) is 5.91 Å². The van der Waals surface area contributed by atoms with Crippen LogP contribution in [0.4, 0.5) is 0 Å². The van der Waals surface area contributed by atoms with Crippen LogP contribution < -0.4 is 14.8 Å². The molecule has 0 fully saturated rings.